The number of hydrogen-bond acceptors (Lipinski definition) is 3. The van der Waals surface area contributed by atoms with Crippen molar-refractivity contribution in [2.75, 3.05) is 0 Å². The van der Waals surface area contributed by atoms with E-state index in [9.17, 15) is 8.42 Å². The molecule has 1 atom stereocenters. The fourth-order valence-electron chi connectivity index (χ4n) is 1.15. The molecule has 3 N–H and O–H groups in total. The molecule has 15 heavy (non-hydrogen) atoms. The Hall–Kier alpha value is 0.870. The molecule has 0 aliphatic rings. The van der Waals surface area contributed by atoms with Crippen LogP contribution in [-0.4, -0.2) is 53.3 Å². The molecule has 0 aromatic carbocycles. The van der Waals surface area contributed by atoms with Gasteiger partial charge in [-0.2, -0.15) is 8.42 Å². The quantitative estimate of drug-likeness (QED) is 0.415. The molecule has 0 rings (SSSR count). The minimum atomic E-state index is -4.06. The second-order valence-electron chi connectivity index (χ2n) is 4.18. The van der Waals surface area contributed by atoms with E-state index in [1.165, 1.54) is 13.8 Å². The summed E-state index contributed by atoms with van der Waals surface area (Å²) in [5, 5.41) is 0. The molecule has 0 spiro atoms. The first-order valence-corrected chi connectivity index (χ1v) is 6.40. The van der Waals surface area contributed by atoms with Crippen molar-refractivity contribution in [2.24, 2.45) is 5.73 Å². The number of unbranched alkanes of at least 4 members (excludes halogenated alkanes) is 2. The van der Waals surface area contributed by atoms with Crippen molar-refractivity contribution in [3.05, 3.63) is 0 Å². The number of hydrogen-bond donors (Lipinski definition) is 2. The van der Waals surface area contributed by atoms with Crippen molar-refractivity contribution < 1.29 is 13.0 Å². The Labute approximate surface area is 115 Å². The van der Waals surface area contributed by atoms with Crippen LogP contribution in [0.25, 0.3) is 0 Å². The maximum atomic E-state index is 11.0. The number of rotatable bonds is 6. The maximum absolute atomic E-state index is 11.0. The van der Waals surface area contributed by atoms with Crippen LogP contribution < -0.4 is 5.73 Å². The molecule has 0 aliphatic carbocycles. The van der Waals surface area contributed by atoms with Gasteiger partial charge in [-0.1, -0.05) is 26.2 Å². The predicted molar refractivity (Wildman–Crippen MR) is 64.9 cm³/mol. The second kappa shape index (κ2) is 7.25. The molecule has 6 heteroatoms. The van der Waals surface area contributed by atoms with Crippen LogP contribution in [0.5, 0.6) is 0 Å². The van der Waals surface area contributed by atoms with Gasteiger partial charge in [0.15, 0.2) is 0 Å². The van der Waals surface area contributed by atoms with Gasteiger partial charge >= 0.3 is 29.6 Å². The van der Waals surface area contributed by atoms with Crippen LogP contribution in [0.3, 0.4) is 0 Å². The zero-order chi connectivity index (χ0) is 11.4. The van der Waals surface area contributed by atoms with Crippen LogP contribution in [0.2, 0.25) is 0 Å². The van der Waals surface area contributed by atoms with Crippen molar-refractivity contribution in [1.82, 2.24) is 0 Å². The molecule has 0 saturated heterocycles. The van der Waals surface area contributed by atoms with E-state index in [0.29, 0.717) is 6.42 Å². The Morgan fingerprint density at radius 3 is 2.13 bits per heavy atom. The van der Waals surface area contributed by atoms with Gasteiger partial charge in [-0.15, -0.1) is 0 Å². The Morgan fingerprint density at radius 2 is 1.80 bits per heavy atom. The summed E-state index contributed by atoms with van der Waals surface area (Å²) < 4.78 is 29.7. The van der Waals surface area contributed by atoms with Crippen molar-refractivity contribution in [3.63, 3.8) is 0 Å². The summed E-state index contributed by atoms with van der Waals surface area (Å²) in [6.07, 6.45) is 3.63. The van der Waals surface area contributed by atoms with E-state index in [1.807, 2.05) is 0 Å². The van der Waals surface area contributed by atoms with Gasteiger partial charge < -0.3 is 5.73 Å². The number of nitrogens with two attached hydrogens (primary N) is 1. The third-order valence-electron chi connectivity index (χ3n) is 2.68. The van der Waals surface area contributed by atoms with Gasteiger partial charge in [0.2, 0.25) is 0 Å². The molecular formula is C9H22NNaO3S. The summed E-state index contributed by atoms with van der Waals surface area (Å²) in [5.74, 6) is 0. The van der Waals surface area contributed by atoms with E-state index in [1.54, 1.807) is 0 Å². The predicted octanol–water partition coefficient (Wildman–Crippen LogP) is 0.912. The van der Waals surface area contributed by atoms with Gasteiger partial charge in [-0.05, 0) is 20.3 Å². The molecule has 0 saturated carbocycles. The van der Waals surface area contributed by atoms with Crippen LogP contribution >= 0.6 is 0 Å². The van der Waals surface area contributed by atoms with Crippen molar-refractivity contribution >= 4 is 39.7 Å². The van der Waals surface area contributed by atoms with Crippen molar-refractivity contribution in [1.29, 1.82) is 0 Å². The van der Waals surface area contributed by atoms with Gasteiger partial charge in [0.1, 0.15) is 4.75 Å². The van der Waals surface area contributed by atoms with Crippen LogP contribution in [0.4, 0.5) is 0 Å². The van der Waals surface area contributed by atoms with E-state index in [-0.39, 0.29) is 29.6 Å². The second-order valence-corrected chi connectivity index (χ2v) is 6.18. The summed E-state index contributed by atoms with van der Waals surface area (Å²) in [6, 6.07) is -0.510. The first-order valence-electron chi connectivity index (χ1n) is 4.96. The van der Waals surface area contributed by atoms with Gasteiger partial charge in [0.05, 0.1) is 0 Å². The van der Waals surface area contributed by atoms with E-state index in [4.69, 9.17) is 10.3 Å². The van der Waals surface area contributed by atoms with E-state index >= 15 is 0 Å². The molecule has 0 aromatic rings. The Kier molecular flexibility index (Phi) is 8.81. The Balaban J connectivity index is 0. The zero-order valence-corrected chi connectivity index (χ0v) is 9.97. The van der Waals surface area contributed by atoms with Gasteiger partial charge in [-0.3, -0.25) is 4.55 Å². The fourth-order valence-corrected chi connectivity index (χ4v) is 1.65. The zero-order valence-electron chi connectivity index (χ0n) is 9.16. The van der Waals surface area contributed by atoms with Crippen molar-refractivity contribution in [3.8, 4) is 0 Å². The topological polar surface area (TPSA) is 80.4 Å². The minimum absolute atomic E-state index is 0. The third kappa shape index (κ3) is 5.65. The molecule has 0 bridgehead atoms. The molecule has 0 radical (unpaired) electrons. The molecule has 0 fully saturated rings. The molecule has 0 heterocycles. The monoisotopic (exact) mass is 247 g/mol. The van der Waals surface area contributed by atoms with Gasteiger partial charge in [0, 0.05) is 6.04 Å². The van der Waals surface area contributed by atoms with Crippen LogP contribution in [0, 0.1) is 0 Å². The Morgan fingerprint density at radius 1 is 1.33 bits per heavy atom. The molecule has 0 aliphatic heterocycles. The fraction of sp³-hybridized carbons (Fsp3) is 1.00. The summed E-state index contributed by atoms with van der Waals surface area (Å²) in [4.78, 5) is 0. The summed E-state index contributed by atoms with van der Waals surface area (Å²) in [5.41, 5.74) is 5.74. The van der Waals surface area contributed by atoms with E-state index in [0.717, 1.165) is 19.3 Å². The Bertz CT molecular complexity index is 265. The SMILES string of the molecule is CCCCCC(N)C(C)(C)S(=O)(=O)O.[NaH]. The summed E-state index contributed by atoms with van der Waals surface area (Å²) >= 11 is 0. The van der Waals surface area contributed by atoms with E-state index in [2.05, 4.69) is 6.92 Å². The molecule has 88 valence electrons. The first-order chi connectivity index (χ1) is 6.23. The first kappa shape index (κ1) is 18.2. The van der Waals surface area contributed by atoms with E-state index < -0.39 is 20.9 Å². The van der Waals surface area contributed by atoms with Crippen LogP contribution in [0.15, 0.2) is 0 Å². The van der Waals surface area contributed by atoms with Gasteiger partial charge in [0.25, 0.3) is 10.1 Å². The molecular weight excluding hydrogens is 225 g/mol. The summed E-state index contributed by atoms with van der Waals surface area (Å²) in [7, 11) is -4.06. The molecule has 0 amide bonds. The molecule has 0 aromatic heterocycles. The molecule has 4 nitrogen and oxygen atoms in total. The van der Waals surface area contributed by atoms with Crippen LogP contribution in [-0.2, 0) is 10.1 Å². The normalized spacial score (nSPS) is 14.5. The summed E-state index contributed by atoms with van der Waals surface area (Å²) in [6.45, 7) is 4.98. The third-order valence-corrected chi connectivity index (χ3v) is 4.31. The van der Waals surface area contributed by atoms with Crippen molar-refractivity contribution in [2.45, 2.75) is 57.2 Å². The van der Waals surface area contributed by atoms with Crippen LogP contribution in [0.1, 0.15) is 46.5 Å². The average Bonchev–Trinajstić information content (AvgIpc) is 2.02. The molecule has 1 unspecified atom stereocenters. The van der Waals surface area contributed by atoms with Gasteiger partial charge in [-0.25, -0.2) is 0 Å². The average molecular weight is 247 g/mol. The standard InChI is InChI=1S/C9H21NO3S.Na.H/c1-4-5-6-7-8(10)9(2,3)14(11,12)13;;/h8H,4-7,10H2,1-3H3,(H,11,12,13);;.